The van der Waals surface area contributed by atoms with Gasteiger partial charge in [0, 0.05) is 51.6 Å². The third-order valence-electron chi connectivity index (χ3n) is 9.71. The van der Waals surface area contributed by atoms with Crippen LogP contribution in [-0.4, -0.2) is 96.6 Å². The third-order valence-corrected chi connectivity index (χ3v) is 9.71. The van der Waals surface area contributed by atoms with Gasteiger partial charge in [-0.2, -0.15) is 0 Å². The number of amides is 4. The summed E-state index contributed by atoms with van der Waals surface area (Å²) >= 11 is 0. The third kappa shape index (κ3) is 8.42. The number of fused-ring (bicyclic) bond motifs is 1. The van der Waals surface area contributed by atoms with Gasteiger partial charge in [0.25, 0.3) is 5.91 Å². The minimum atomic E-state index is -1.04. The highest BCUT2D eigenvalue weighted by atomic mass is 16.6. The maximum atomic E-state index is 14.5. The molecule has 2 aliphatic heterocycles. The normalized spacial score (nSPS) is 23.5. The van der Waals surface area contributed by atoms with Crippen LogP contribution in [0.15, 0.2) is 18.2 Å². The van der Waals surface area contributed by atoms with Gasteiger partial charge in [0.1, 0.15) is 11.4 Å². The van der Waals surface area contributed by atoms with Crippen molar-refractivity contribution in [3.8, 4) is 5.75 Å². The fourth-order valence-electron chi connectivity index (χ4n) is 7.07. The summed E-state index contributed by atoms with van der Waals surface area (Å²) in [6, 6.07) is 5.47. The highest BCUT2D eigenvalue weighted by Crippen LogP contribution is 2.43. The maximum absolute atomic E-state index is 14.5. The van der Waals surface area contributed by atoms with Crippen molar-refractivity contribution in [1.82, 2.24) is 10.2 Å². The van der Waals surface area contributed by atoms with Gasteiger partial charge in [-0.15, -0.1) is 0 Å². The van der Waals surface area contributed by atoms with Gasteiger partial charge in [0.05, 0.1) is 23.1 Å². The van der Waals surface area contributed by atoms with Crippen molar-refractivity contribution in [3.63, 3.8) is 0 Å². The molecule has 12 nitrogen and oxygen atoms in total. The Morgan fingerprint density at radius 2 is 1.77 bits per heavy atom. The lowest BCUT2D eigenvalue weighted by Crippen LogP contribution is -2.55. The molecule has 0 aromatic heterocycles. The van der Waals surface area contributed by atoms with Gasteiger partial charge >= 0.3 is 6.09 Å². The van der Waals surface area contributed by atoms with Crippen molar-refractivity contribution >= 4 is 35.2 Å². The molecule has 48 heavy (non-hydrogen) atoms. The first kappa shape index (κ1) is 35.9. The molecule has 2 N–H and O–H groups in total. The zero-order valence-electron chi connectivity index (χ0n) is 29.5. The molecule has 266 valence electrons. The van der Waals surface area contributed by atoms with Crippen LogP contribution < -0.4 is 19.9 Å². The predicted octanol–water partition coefficient (Wildman–Crippen LogP) is 4.41. The number of hydrogen-bond acceptors (Lipinski definition) is 8. The number of anilines is 2. The van der Waals surface area contributed by atoms with Crippen LogP contribution in [0.4, 0.5) is 16.2 Å². The van der Waals surface area contributed by atoms with E-state index in [2.05, 4.69) is 5.32 Å². The van der Waals surface area contributed by atoms with Crippen molar-refractivity contribution in [2.75, 3.05) is 49.7 Å². The Kier molecular flexibility index (Phi) is 10.6. The summed E-state index contributed by atoms with van der Waals surface area (Å²) in [6.45, 7) is 10.2. The number of ether oxygens (including phenoxy) is 3. The molecule has 2 saturated carbocycles. The van der Waals surface area contributed by atoms with Gasteiger partial charge in [-0.25, -0.2) is 4.79 Å². The second kappa shape index (κ2) is 14.2. The first-order valence-corrected chi connectivity index (χ1v) is 17.6. The lowest BCUT2D eigenvalue weighted by atomic mass is 9.84. The second-order valence-corrected chi connectivity index (χ2v) is 15.5. The number of rotatable bonds is 10. The number of hydrogen-bond donors (Lipinski definition) is 2. The Balaban J connectivity index is 1.40. The van der Waals surface area contributed by atoms with E-state index in [1.807, 2.05) is 18.2 Å². The maximum Gasteiger partial charge on any atom is 0.410 e. The van der Waals surface area contributed by atoms with Gasteiger partial charge in [0.15, 0.2) is 5.60 Å². The van der Waals surface area contributed by atoms with Gasteiger partial charge in [-0.1, -0.05) is 19.3 Å². The summed E-state index contributed by atoms with van der Waals surface area (Å²) < 4.78 is 17.0. The van der Waals surface area contributed by atoms with Crippen LogP contribution in [-0.2, 0) is 23.9 Å². The minimum absolute atomic E-state index is 0.0288. The van der Waals surface area contributed by atoms with E-state index in [4.69, 9.17) is 14.2 Å². The smallest absolute Gasteiger partial charge is 0.410 e. The van der Waals surface area contributed by atoms with Gasteiger partial charge in [-0.3, -0.25) is 14.4 Å². The van der Waals surface area contributed by atoms with Crippen molar-refractivity contribution in [1.29, 1.82) is 0 Å². The fraction of sp³-hybridized carbons (Fsp3) is 0.722. The molecule has 4 aliphatic rings. The van der Waals surface area contributed by atoms with Crippen LogP contribution in [0.3, 0.4) is 0 Å². The first-order chi connectivity index (χ1) is 22.6. The van der Waals surface area contributed by atoms with Gasteiger partial charge in [0.2, 0.25) is 11.8 Å². The molecule has 1 aromatic rings. The zero-order chi connectivity index (χ0) is 34.9. The summed E-state index contributed by atoms with van der Waals surface area (Å²) in [7, 11) is 1.62. The fourth-order valence-corrected chi connectivity index (χ4v) is 7.07. The van der Waals surface area contributed by atoms with Crippen molar-refractivity contribution in [2.45, 2.75) is 115 Å². The monoisotopic (exact) mass is 670 g/mol. The average molecular weight is 671 g/mol. The van der Waals surface area contributed by atoms with E-state index >= 15 is 0 Å². The lowest BCUT2D eigenvalue weighted by Gasteiger charge is -2.41. The van der Waals surface area contributed by atoms with Crippen LogP contribution in [0, 0.1) is 11.8 Å². The van der Waals surface area contributed by atoms with E-state index < -0.39 is 34.7 Å². The highest BCUT2D eigenvalue weighted by Gasteiger charge is 2.45. The molecule has 3 fully saturated rings. The quantitative estimate of drug-likeness (QED) is 0.350. The number of aliphatic hydroxyl groups is 1. The van der Waals surface area contributed by atoms with Crippen molar-refractivity contribution in [2.24, 2.45) is 11.8 Å². The van der Waals surface area contributed by atoms with Crippen LogP contribution >= 0.6 is 0 Å². The molecule has 2 aliphatic carbocycles. The molecule has 1 aromatic carbocycles. The molecule has 2 atom stereocenters. The van der Waals surface area contributed by atoms with Crippen molar-refractivity contribution in [3.05, 3.63) is 18.2 Å². The number of piperidine rings is 1. The number of nitrogens with one attached hydrogen (secondary N) is 1. The summed E-state index contributed by atoms with van der Waals surface area (Å²) in [6.07, 6.45) is 6.16. The minimum Gasteiger partial charge on any atom is -0.476 e. The predicted molar refractivity (Wildman–Crippen MR) is 181 cm³/mol. The molecule has 0 spiro atoms. The van der Waals surface area contributed by atoms with E-state index in [0.29, 0.717) is 49.5 Å². The Bertz CT molecular complexity index is 1360. The van der Waals surface area contributed by atoms with E-state index in [1.165, 1.54) is 4.90 Å². The molecular formula is C36H54N4O8. The molecule has 4 amide bonds. The number of carbonyl (C=O) groups is 4. The Morgan fingerprint density at radius 1 is 1.08 bits per heavy atom. The van der Waals surface area contributed by atoms with E-state index in [1.54, 1.807) is 51.5 Å². The largest absolute Gasteiger partial charge is 0.476 e. The Hall–Kier alpha value is -3.38. The summed E-state index contributed by atoms with van der Waals surface area (Å²) in [5, 5.41) is 13.9. The van der Waals surface area contributed by atoms with Crippen molar-refractivity contribution < 1.29 is 38.5 Å². The molecule has 5 rings (SSSR count). The SMILES string of the molecule is COCCCN1C(=O)C(C)(C)Oc2ccc(N(C(=O)[C@@H]3C[C@H](C(=O)NCC4(O)CCCCC4)CN(C(=O)OC(C)(C)C)C3)C3CC3)cc21. The summed E-state index contributed by atoms with van der Waals surface area (Å²) in [4.78, 5) is 59.9. The van der Waals surface area contributed by atoms with Crippen LogP contribution in [0.5, 0.6) is 5.75 Å². The Morgan fingerprint density at radius 3 is 2.42 bits per heavy atom. The lowest BCUT2D eigenvalue weighted by molar-refractivity contribution is -0.133. The second-order valence-electron chi connectivity index (χ2n) is 15.5. The Labute approximate surface area is 284 Å². The van der Waals surface area contributed by atoms with Crippen LogP contribution in [0.2, 0.25) is 0 Å². The average Bonchev–Trinajstić information content (AvgIpc) is 3.86. The summed E-state index contributed by atoms with van der Waals surface area (Å²) in [5.41, 5.74) is -1.48. The van der Waals surface area contributed by atoms with E-state index in [-0.39, 0.29) is 49.8 Å². The topological polar surface area (TPSA) is 138 Å². The first-order valence-electron chi connectivity index (χ1n) is 17.6. The number of benzene rings is 1. The number of carbonyl (C=O) groups excluding carboxylic acids is 4. The molecule has 12 heteroatoms. The van der Waals surface area contributed by atoms with E-state index in [0.717, 1.165) is 32.1 Å². The standard InChI is InChI=1S/C36H54N4O8/c1-34(2,3)48-33(44)38-21-24(30(41)37-23-36(45)15-8-7-9-16-36)19-25(22-38)31(42)40(26-11-12-26)27-13-14-29-28(20-27)39(17-10-18-46-6)32(43)35(4,5)47-29/h13-14,20,24-26,45H,7-12,15-19,21-23H2,1-6H3,(H,37,41)/t24-,25+/m0/s1. The number of nitrogens with zero attached hydrogens (tertiary/aromatic N) is 3. The highest BCUT2D eigenvalue weighted by molar-refractivity contribution is 6.04. The molecule has 2 heterocycles. The molecule has 0 radical (unpaired) electrons. The molecule has 0 bridgehead atoms. The van der Waals surface area contributed by atoms with Crippen LogP contribution in [0.1, 0.15) is 92.4 Å². The number of methoxy groups -OCH3 is 1. The molecular weight excluding hydrogens is 616 g/mol. The van der Waals surface area contributed by atoms with Gasteiger partial charge < -0.3 is 39.3 Å². The molecule has 1 saturated heterocycles. The summed E-state index contributed by atoms with van der Waals surface area (Å²) in [5.74, 6) is -1.37. The molecule has 0 unspecified atom stereocenters. The van der Waals surface area contributed by atoms with Gasteiger partial charge in [-0.05, 0) is 91.3 Å². The zero-order valence-corrected chi connectivity index (χ0v) is 29.5. The van der Waals surface area contributed by atoms with E-state index in [9.17, 15) is 24.3 Å². The number of likely N-dealkylation sites (tertiary alicyclic amines) is 1. The van der Waals surface area contributed by atoms with Crippen LogP contribution in [0.25, 0.3) is 0 Å².